The van der Waals surface area contributed by atoms with Gasteiger partial charge in [-0.3, -0.25) is 14.6 Å². The Hall–Kier alpha value is -2.87. The van der Waals surface area contributed by atoms with E-state index in [4.69, 9.17) is 0 Å². The van der Waals surface area contributed by atoms with Crippen LogP contribution in [0.3, 0.4) is 0 Å². The average molecular weight is 395 g/mol. The topological polar surface area (TPSA) is 81.0 Å². The number of carbonyl (C=O) groups is 1. The van der Waals surface area contributed by atoms with E-state index >= 15 is 0 Å². The number of hydrogen-bond acceptors (Lipinski definition) is 6. The van der Waals surface area contributed by atoms with E-state index in [0.717, 1.165) is 34.8 Å². The molecule has 28 heavy (non-hydrogen) atoms. The normalized spacial score (nSPS) is 16.5. The molecule has 0 bridgehead atoms. The minimum Gasteiger partial charge on any atom is -0.338 e. The van der Waals surface area contributed by atoms with Gasteiger partial charge in [-0.15, -0.1) is 11.3 Å². The lowest BCUT2D eigenvalue weighted by Crippen LogP contribution is -2.41. The van der Waals surface area contributed by atoms with Crippen molar-refractivity contribution in [3.63, 3.8) is 0 Å². The van der Waals surface area contributed by atoms with Crippen LogP contribution < -0.4 is 5.56 Å². The van der Waals surface area contributed by atoms with Gasteiger partial charge in [0.2, 0.25) is 5.91 Å². The third-order valence-electron chi connectivity index (χ3n) is 4.90. The lowest BCUT2D eigenvalue weighted by atomic mass is 10.2. The van der Waals surface area contributed by atoms with Crippen LogP contribution in [0.4, 0.5) is 0 Å². The Labute approximate surface area is 166 Å². The Morgan fingerprint density at radius 1 is 1.29 bits per heavy atom. The van der Waals surface area contributed by atoms with Crippen molar-refractivity contribution in [3.8, 4) is 11.3 Å². The zero-order valence-electron chi connectivity index (χ0n) is 15.6. The first-order valence-corrected chi connectivity index (χ1v) is 10.1. The summed E-state index contributed by atoms with van der Waals surface area (Å²) in [5.41, 5.74) is 1.39. The third kappa shape index (κ3) is 4.01. The molecular weight excluding hydrogens is 374 g/mol. The summed E-state index contributed by atoms with van der Waals surface area (Å²) in [5, 5.41) is 5.47. The summed E-state index contributed by atoms with van der Waals surface area (Å²) in [6.07, 6.45) is 7.37. The maximum Gasteiger partial charge on any atom is 0.266 e. The molecule has 1 unspecified atom stereocenters. The van der Waals surface area contributed by atoms with Crippen molar-refractivity contribution in [2.24, 2.45) is 0 Å². The lowest BCUT2D eigenvalue weighted by Gasteiger charge is -2.25. The molecule has 1 fully saturated rings. The molecule has 1 aliphatic rings. The van der Waals surface area contributed by atoms with Gasteiger partial charge in [-0.25, -0.2) is 9.67 Å². The quantitative estimate of drug-likeness (QED) is 0.662. The van der Waals surface area contributed by atoms with Gasteiger partial charge < -0.3 is 4.90 Å². The molecule has 1 atom stereocenters. The zero-order valence-corrected chi connectivity index (χ0v) is 16.4. The number of aromatic nitrogens is 4. The molecular formula is C20H21N5O2S. The molecule has 0 aromatic carbocycles. The van der Waals surface area contributed by atoms with E-state index in [2.05, 4.69) is 15.1 Å². The molecule has 8 heteroatoms. The Morgan fingerprint density at radius 3 is 2.93 bits per heavy atom. The van der Waals surface area contributed by atoms with Gasteiger partial charge in [0.15, 0.2) is 0 Å². The molecule has 4 rings (SSSR count). The summed E-state index contributed by atoms with van der Waals surface area (Å²) < 4.78 is 1.47. The van der Waals surface area contributed by atoms with Crippen LogP contribution in [0.15, 0.2) is 47.7 Å². The molecule has 0 N–H and O–H groups in total. The van der Waals surface area contributed by atoms with Crippen LogP contribution in [0.5, 0.6) is 0 Å². The molecule has 1 aliphatic heterocycles. The number of aryl methyl sites for hydroxylation is 1. The number of carbonyl (C=O) groups excluding carboxylic acids is 1. The van der Waals surface area contributed by atoms with Crippen LogP contribution in [0.25, 0.3) is 11.3 Å². The summed E-state index contributed by atoms with van der Waals surface area (Å²) in [7, 11) is 0. The summed E-state index contributed by atoms with van der Waals surface area (Å²) in [4.78, 5) is 36.3. The number of pyridine rings is 1. The number of likely N-dealkylation sites (tertiary alicyclic amines) is 1. The summed E-state index contributed by atoms with van der Waals surface area (Å²) in [6.45, 7) is 3.06. The second-order valence-electron chi connectivity index (χ2n) is 6.89. The van der Waals surface area contributed by atoms with Gasteiger partial charge in [0.1, 0.15) is 0 Å². The minimum atomic E-state index is -0.162. The second kappa shape index (κ2) is 8.02. The first-order valence-electron chi connectivity index (χ1n) is 9.29. The molecule has 0 saturated carbocycles. The summed E-state index contributed by atoms with van der Waals surface area (Å²) in [5.74, 6) is 0.0858. The molecule has 0 spiro atoms. The summed E-state index contributed by atoms with van der Waals surface area (Å²) in [6, 6.07) is 6.96. The van der Waals surface area contributed by atoms with Gasteiger partial charge in [0.05, 0.1) is 29.7 Å². The number of rotatable bonds is 5. The van der Waals surface area contributed by atoms with Crippen molar-refractivity contribution in [2.45, 2.75) is 38.8 Å². The Morgan fingerprint density at radius 2 is 2.18 bits per heavy atom. The van der Waals surface area contributed by atoms with Crippen LogP contribution in [0.1, 0.15) is 22.7 Å². The predicted octanol–water partition coefficient (Wildman–Crippen LogP) is 2.30. The number of thiazole rings is 1. The van der Waals surface area contributed by atoms with Gasteiger partial charge in [-0.1, -0.05) is 0 Å². The van der Waals surface area contributed by atoms with Gasteiger partial charge in [0, 0.05) is 41.6 Å². The predicted molar refractivity (Wildman–Crippen MR) is 107 cm³/mol. The largest absolute Gasteiger partial charge is 0.338 e. The average Bonchev–Trinajstić information content (AvgIpc) is 3.33. The second-order valence-corrected chi connectivity index (χ2v) is 8.21. The Balaban J connectivity index is 1.51. The first kappa shape index (κ1) is 18.5. The third-order valence-corrected chi connectivity index (χ3v) is 5.81. The van der Waals surface area contributed by atoms with E-state index in [0.29, 0.717) is 18.7 Å². The van der Waals surface area contributed by atoms with E-state index in [1.165, 1.54) is 10.7 Å². The molecule has 1 amide bonds. The van der Waals surface area contributed by atoms with Crippen LogP contribution in [0, 0.1) is 6.92 Å². The fraction of sp³-hybridized carbons (Fsp3) is 0.350. The van der Waals surface area contributed by atoms with Crippen molar-refractivity contribution >= 4 is 17.2 Å². The Bertz CT molecular complexity index is 1030. The van der Waals surface area contributed by atoms with E-state index in [9.17, 15) is 9.59 Å². The van der Waals surface area contributed by atoms with Crippen molar-refractivity contribution in [2.75, 3.05) is 6.54 Å². The van der Waals surface area contributed by atoms with Gasteiger partial charge in [0.25, 0.3) is 5.56 Å². The number of hydrogen-bond donors (Lipinski definition) is 0. The first-order chi connectivity index (χ1) is 13.6. The molecule has 0 aliphatic carbocycles. The fourth-order valence-corrected chi connectivity index (χ4v) is 4.32. The molecule has 0 radical (unpaired) electrons. The monoisotopic (exact) mass is 395 g/mol. The molecule has 3 aromatic heterocycles. The molecule has 1 saturated heterocycles. The maximum atomic E-state index is 12.8. The summed E-state index contributed by atoms with van der Waals surface area (Å²) >= 11 is 1.55. The molecule has 7 nitrogen and oxygen atoms in total. The zero-order chi connectivity index (χ0) is 19.5. The van der Waals surface area contributed by atoms with E-state index in [1.807, 2.05) is 24.0 Å². The van der Waals surface area contributed by atoms with Gasteiger partial charge in [-0.2, -0.15) is 5.10 Å². The maximum absolute atomic E-state index is 12.8. The number of nitrogens with zero attached hydrogens (tertiary/aromatic N) is 5. The van der Waals surface area contributed by atoms with E-state index < -0.39 is 0 Å². The highest BCUT2D eigenvalue weighted by atomic mass is 32.1. The van der Waals surface area contributed by atoms with Crippen LogP contribution in [0.2, 0.25) is 0 Å². The van der Waals surface area contributed by atoms with Crippen LogP contribution >= 0.6 is 11.3 Å². The van der Waals surface area contributed by atoms with Crippen LogP contribution in [-0.4, -0.2) is 43.1 Å². The van der Waals surface area contributed by atoms with Crippen molar-refractivity contribution in [1.82, 2.24) is 24.6 Å². The van der Waals surface area contributed by atoms with E-state index in [-0.39, 0.29) is 17.5 Å². The molecule has 144 valence electrons. The fourth-order valence-electron chi connectivity index (χ4n) is 3.54. The molecule has 4 heterocycles. The highest BCUT2D eigenvalue weighted by Gasteiger charge is 2.29. The highest BCUT2D eigenvalue weighted by molar-refractivity contribution is 7.11. The van der Waals surface area contributed by atoms with E-state index in [1.54, 1.807) is 36.0 Å². The SMILES string of the molecule is Cc1ncc(CC(=O)N2CCCC2Cn2nc(-c3cccnc3)ccc2=O)s1. The van der Waals surface area contributed by atoms with Crippen molar-refractivity contribution in [1.29, 1.82) is 0 Å². The lowest BCUT2D eigenvalue weighted by molar-refractivity contribution is -0.131. The van der Waals surface area contributed by atoms with Crippen LogP contribution in [-0.2, 0) is 17.8 Å². The van der Waals surface area contributed by atoms with Gasteiger partial charge >= 0.3 is 0 Å². The standard InChI is InChI=1S/C20H21N5O2S/c1-14-22-12-17(28-14)10-20(27)24-9-3-5-16(24)13-25-19(26)7-6-18(23-25)15-4-2-8-21-11-15/h2,4,6-8,11-12,16H,3,5,9-10,13H2,1H3. The number of amides is 1. The highest BCUT2D eigenvalue weighted by Crippen LogP contribution is 2.22. The Kier molecular flexibility index (Phi) is 5.29. The van der Waals surface area contributed by atoms with Crippen molar-refractivity contribution in [3.05, 3.63) is 63.1 Å². The van der Waals surface area contributed by atoms with Crippen molar-refractivity contribution < 1.29 is 4.79 Å². The molecule has 3 aromatic rings. The van der Waals surface area contributed by atoms with Gasteiger partial charge in [-0.05, 0) is 38.0 Å². The smallest absolute Gasteiger partial charge is 0.266 e. The minimum absolute atomic E-state index is 0.0177.